The molecule has 1 aromatic carbocycles. The Kier molecular flexibility index (Phi) is 4.23. The van der Waals surface area contributed by atoms with E-state index in [1.807, 2.05) is 25.2 Å². The number of anilines is 1. The molecule has 2 aliphatic rings. The number of carbonyl (C=O) groups excluding carboxylic acids is 1. The van der Waals surface area contributed by atoms with E-state index in [-0.39, 0.29) is 21.0 Å². The summed E-state index contributed by atoms with van der Waals surface area (Å²) in [5.74, 6) is 0.803. The minimum atomic E-state index is -1.57. The van der Waals surface area contributed by atoms with E-state index >= 15 is 0 Å². The van der Waals surface area contributed by atoms with Crippen LogP contribution in [-0.4, -0.2) is 23.2 Å². The number of rotatable bonds is 2. The van der Waals surface area contributed by atoms with Crippen LogP contribution < -0.4 is 9.64 Å². The van der Waals surface area contributed by atoms with Crippen molar-refractivity contribution in [2.24, 2.45) is 5.92 Å². The molecule has 6 heteroatoms. The molecule has 0 radical (unpaired) electrons. The second kappa shape index (κ2) is 5.71. The molecule has 1 amide bonds. The van der Waals surface area contributed by atoms with Crippen molar-refractivity contribution >= 4 is 19.8 Å². The Labute approximate surface area is 140 Å². The Hall–Kier alpha value is -0.325. The van der Waals surface area contributed by atoms with E-state index in [4.69, 9.17) is 17.7 Å². The van der Waals surface area contributed by atoms with Crippen molar-refractivity contribution in [1.82, 2.24) is 0 Å². The molecule has 0 N–H and O–H groups in total. The number of halogens is 1. The van der Waals surface area contributed by atoms with Gasteiger partial charge >= 0.3 is 141 Å². The van der Waals surface area contributed by atoms with Crippen molar-refractivity contribution in [3.8, 4) is 5.75 Å². The monoisotopic (exact) mass is 497 g/mol. The summed E-state index contributed by atoms with van der Waals surface area (Å²) in [5, 5.41) is 0. The van der Waals surface area contributed by atoms with Crippen LogP contribution in [0.5, 0.6) is 5.75 Å². The van der Waals surface area contributed by atoms with E-state index in [2.05, 4.69) is 6.92 Å². The van der Waals surface area contributed by atoms with Crippen LogP contribution in [0.2, 0.25) is 0 Å². The molecule has 110 valence electrons. The van der Waals surface area contributed by atoms with Gasteiger partial charge in [0.25, 0.3) is 0 Å². The summed E-state index contributed by atoms with van der Waals surface area (Å²) in [6.07, 6.45) is 1.61. The Morgan fingerprint density at radius 3 is 2.95 bits per heavy atom. The second-order valence-corrected chi connectivity index (χ2v) is 15.3. The van der Waals surface area contributed by atoms with Gasteiger partial charge in [-0.25, -0.2) is 0 Å². The predicted octanol–water partition coefficient (Wildman–Crippen LogP) is 3.09. The van der Waals surface area contributed by atoms with Crippen molar-refractivity contribution in [2.75, 3.05) is 19.1 Å². The molecule has 0 bridgehead atoms. The van der Waals surface area contributed by atoms with Crippen LogP contribution in [0, 0.1) is 5.92 Å². The van der Waals surface area contributed by atoms with Gasteiger partial charge in [-0.1, -0.05) is 0 Å². The van der Waals surface area contributed by atoms with Gasteiger partial charge < -0.3 is 0 Å². The van der Waals surface area contributed by atoms with Crippen LogP contribution in [0.4, 0.5) is 5.69 Å². The van der Waals surface area contributed by atoms with Gasteiger partial charge in [0, 0.05) is 0 Å². The van der Waals surface area contributed by atoms with E-state index < -0.39 is 23.3 Å². The third kappa shape index (κ3) is 2.59. The first-order valence-electron chi connectivity index (χ1n) is 7.18. The molecule has 0 aromatic heterocycles. The molecule has 4 nitrogen and oxygen atoms in total. The Morgan fingerprint density at radius 2 is 2.29 bits per heavy atom. The standard InChI is InChI=1S/C15H18NO3.ClH.Hg/c1-9-4-6-12-14(19-9)11-7-5-10(18-3)8-13(11)16(2)15(12)17;;/h5,7-8,12,14H,4,6H2,1-3H3;1H;/q;;+1/p-1. The number of ether oxygens (including phenoxy) is 2. The SMILES string of the molecule is COc1ccc2c(c1)N(C)C(=O)C1CC[C](C)([Hg][Cl])OC21. The number of hydrogen-bond acceptors (Lipinski definition) is 3. The average molecular weight is 496 g/mol. The zero-order valence-electron chi connectivity index (χ0n) is 12.6. The molecule has 2 aliphatic heterocycles. The number of benzene rings is 1. The summed E-state index contributed by atoms with van der Waals surface area (Å²) < 4.78 is 11.5. The van der Waals surface area contributed by atoms with E-state index in [9.17, 15) is 4.79 Å². The molecule has 1 fully saturated rings. The predicted molar refractivity (Wildman–Crippen MR) is 77.2 cm³/mol. The summed E-state index contributed by atoms with van der Waals surface area (Å²) in [6, 6.07) is 5.86. The van der Waals surface area contributed by atoms with Crippen molar-refractivity contribution in [2.45, 2.75) is 29.0 Å². The van der Waals surface area contributed by atoms with Gasteiger partial charge in [0.1, 0.15) is 0 Å². The Balaban J connectivity index is 2.05. The topological polar surface area (TPSA) is 38.8 Å². The van der Waals surface area contributed by atoms with Gasteiger partial charge in [0.2, 0.25) is 0 Å². The number of amides is 1. The fourth-order valence-electron chi connectivity index (χ4n) is 3.24. The fraction of sp³-hybridized carbons (Fsp3) is 0.533. The van der Waals surface area contributed by atoms with Gasteiger partial charge in [-0.15, -0.1) is 0 Å². The van der Waals surface area contributed by atoms with E-state index in [1.54, 1.807) is 12.0 Å². The summed E-state index contributed by atoms with van der Waals surface area (Å²) in [4.78, 5) is 14.3. The number of carbonyl (C=O) groups is 1. The van der Waals surface area contributed by atoms with Gasteiger partial charge in [-0.05, 0) is 0 Å². The summed E-state index contributed by atoms with van der Waals surface area (Å²) >= 11 is -1.57. The molecule has 0 spiro atoms. The third-order valence-electron chi connectivity index (χ3n) is 4.60. The zero-order chi connectivity index (χ0) is 15.2. The number of hydrogen-bond donors (Lipinski definition) is 0. The van der Waals surface area contributed by atoms with Crippen LogP contribution in [-0.2, 0) is 32.9 Å². The molecule has 1 saturated heterocycles. The fourth-order valence-corrected chi connectivity index (χ4v) is 7.22. The first kappa shape index (κ1) is 15.6. The summed E-state index contributed by atoms with van der Waals surface area (Å²) in [7, 11) is 9.73. The molecule has 3 atom stereocenters. The maximum absolute atomic E-state index is 12.6. The van der Waals surface area contributed by atoms with Crippen molar-refractivity contribution < 1.29 is 37.6 Å². The van der Waals surface area contributed by atoms with Gasteiger partial charge in [0.15, 0.2) is 0 Å². The molecule has 0 aliphatic carbocycles. The Bertz CT molecular complexity index is 582. The quantitative estimate of drug-likeness (QED) is 0.591. The zero-order valence-corrected chi connectivity index (χ0v) is 18.8. The molecule has 2 heterocycles. The molecule has 3 rings (SSSR count). The number of nitrogens with zero attached hydrogens (tertiary/aromatic N) is 1. The number of methoxy groups -OCH3 is 1. The van der Waals surface area contributed by atoms with E-state index in [0.717, 1.165) is 29.8 Å². The van der Waals surface area contributed by atoms with Crippen LogP contribution in [0.3, 0.4) is 0 Å². The third-order valence-corrected chi connectivity index (χ3v) is 13.8. The van der Waals surface area contributed by atoms with Crippen molar-refractivity contribution in [3.63, 3.8) is 0 Å². The average Bonchev–Trinajstić information content (AvgIpc) is 2.52. The molecule has 0 saturated carbocycles. The summed E-state index contributed by atoms with van der Waals surface area (Å²) in [5.41, 5.74) is 1.96. The van der Waals surface area contributed by atoms with Gasteiger partial charge in [-0.3, -0.25) is 0 Å². The number of fused-ring (bicyclic) bond motifs is 3. The van der Waals surface area contributed by atoms with Crippen LogP contribution in [0.15, 0.2) is 18.2 Å². The normalized spacial score (nSPS) is 31.2. The minimum absolute atomic E-state index is 0.0828. The first-order chi connectivity index (χ1) is 9.99. The van der Waals surface area contributed by atoms with Crippen LogP contribution in [0.25, 0.3) is 0 Å². The molecule has 3 unspecified atom stereocenters. The Morgan fingerprint density at radius 1 is 1.52 bits per heavy atom. The van der Waals surface area contributed by atoms with Crippen molar-refractivity contribution in [3.05, 3.63) is 23.8 Å². The van der Waals surface area contributed by atoms with Crippen LogP contribution >= 0.6 is 8.25 Å². The summed E-state index contributed by atoms with van der Waals surface area (Å²) in [6.45, 7) is 2.11. The second-order valence-electron chi connectivity index (χ2n) is 6.09. The molecule has 1 aromatic rings. The molecule has 21 heavy (non-hydrogen) atoms. The van der Waals surface area contributed by atoms with E-state index in [1.165, 1.54) is 0 Å². The molecular weight excluding hydrogens is 478 g/mol. The van der Waals surface area contributed by atoms with Crippen LogP contribution in [0.1, 0.15) is 31.4 Å². The van der Waals surface area contributed by atoms with Crippen molar-refractivity contribution in [1.29, 1.82) is 0 Å². The van der Waals surface area contributed by atoms with Gasteiger partial charge in [0.05, 0.1) is 0 Å². The first-order valence-corrected chi connectivity index (χ1v) is 16.7. The van der Waals surface area contributed by atoms with E-state index in [0.29, 0.717) is 0 Å². The van der Waals surface area contributed by atoms with Gasteiger partial charge in [-0.2, -0.15) is 0 Å². The maximum atomic E-state index is 12.6. The molecular formula is C15H18ClHgNO3.